The van der Waals surface area contributed by atoms with E-state index in [4.69, 9.17) is 24.9 Å². The topological polar surface area (TPSA) is 67.7 Å². The van der Waals surface area contributed by atoms with Crippen LogP contribution in [-0.4, -0.2) is 24.9 Å². The van der Waals surface area contributed by atoms with Crippen LogP contribution in [0.1, 0.15) is 25.0 Å². The molecule has 0 unspecified atom stereocenters. The second kappa shape index (κ2) is 14.5. The summed E-state index contributed by atoms with van der Waals surface area (Å²) in [6.07, 6.45) is 0. The van der Waals surface area contributed by atoms with E-state index in [9.17, 15) is 0 Å². The van der Waals surface area contributed by atoms with Crippen LogP contribution in [0.15, 0.2) is 194 Å². The van der Waals surface area contributed by atoms with E-state index in [1.54, 1.807) is 0 Å². The van der Waals surface area contributed by atoms with Crippen LogP contribution in [0.3, 0.4) is 0 Å². The lowest BCUT2D eigenvalue weighted by Crippen LogP contribution is -2.31. The van der Waals surface area contributed by atoms with Gasteiger partial charge >= 0.3 is 0 Å². The van der Waals surface area contributed by atoms with E-state index >= 15 is 0 Å². The highest BCUT2D eigenvalue weighted by atomic mass is 15.3. The van der Waals surface area contributed by atoms with Gasteiger partial charge in [0.1, 0.15) is 0 Å². The fourth-order valence-corrected chi connectivity index (χ4v) is 7.96. The van der Waals surface area contributed by atoms with Crippen molar-refractivity contribution < 1.29 is 0 Å². The molecule has 0 saturated heterocycles. The minimum atomic E-state index is -0.194. The Balaban J connectivity index is 1.09. The van der Waals surface area contributed by atoms with E-state index in [2.05, 4.69) is 146 Å². The van der Waals surface area contributed by atoms with Crippen molar-refractivity contribution in [3.05, 3.63) is 205 Å². The number of aromatic nitrogens is 5. The van der Waals surface area contributed by atoms with Gasteiger partial charge in [-0.3, -0.25) is 4.90 Å². The number of anilines is 3. The first kappa shape index (κ1) is 34.9. The highest BCUT2D eigenvalue weighted by Crippen LogP contribution is 2.51. The Hall–Kier alpha value is -7.57. The third-order valence-electron chi connectivity index (χ3n) is 10.9. The van der Waals surface area contributed by atoms with E-state index in [0.29, 0.717) is 23.4 Å². The summed E-state index contributed by atoms with van der Waals surface area (Å²) in [5, 5.41) is 0. The van der Waals surface area contributed by atoms with Crippen LogP contribution >= 0.6 is 0 Å². The SMILES string of the molecule is CC1(C)c2ccccc2N(c2nc(-c3ccccc3)cc(-c3cccc(-c4cccc(-c5nc(-c6ccccc6)nc(-c6ccccc6)n5)c4)c3)n2)c2ccccc21. The zero-order valence-corrected chi connectivity index (χ0v) is 32.2. The molecule has 0 saturated carbocycles. The zero-order chi connectivity index (χ0) is 39.1. The molecule has 0 radical (unpaired) electrons. The molecule has 1 aliphatic heterocycles. The molecule has 0 bridgehead atoms. The molecule has 0 aliphatic carbocycles. The van der Waals surface area contributed by atoms with Crippen LogP contribution in [0, 0.1) is 0 Å². The fourth-order valence-electron chi connectivity index (χ4n) is 7.96. The second-order valence-corrected chi connectivity index (χ2v) is 15.0. The summed E-state index contributed by atoms with van der Waals surface area (Å²) in [6.45, 7) is 4.58. The van der Waals surface area contributed by atoms with E-state index < -0.39 is 0 Å². The molecule has 0 N–H and O–H groups in total. The van der Waals surface area contributed by atoms with E-state index in [0.717, 1.165) is 61.7 Å². The first-order chi connectivity index (χ1) is 28.5. The normalized spacial score (nSPS) is 12.8. The van der Waals surface area contributed by atoms with Gasteiger partial charge in [-0.15, -0.1) is 0 Å². The minimum absolute atomic E-state index is 0.194. The van der Waals surface area contributed by atoms with Crippen molar-refractivity contribution in [1.82, 2.24) is 24.9 Å². The van der Waals surface area contributed by atoms with Gasteiger partial charge in [0.15, 0.2) is 17.5 Å². The van der Waals surface area contributed by atoms with Crippen LogP contribution in [-0.2, 0) is 5.41 Å². The first-order valence-corrected chi connectivity index (χ1v) is 19.5. The molecule has 3 heterocycles. The summed E-state index contributed by atoms with van der Waals surface area (Å²) in [5.41, 5.74) is 13.0. The summed E-state index contributed by atoms with van der Waals surface area (Å²) in [5.74, 6) is 2.50. The lowest BCUT2D eigenvalue weighted by molar-refractivity contribution is 0.630. The standard InChI is InChI=1S/C52H38N6/c1-52(2)42-28-12-14-30-46(42)58(47-31-15-13-29-43(47)52)51-53-44(35-18-6-3-7-19-35)34-45(54-51)40-26-16-24-38(32-40)39-25-17-27-41(33-39)50-56-48(36-20-8-4-9-21-36)55-49(57-50)37-22-10-5-11-23-37/h3-34H,1-2H3. The Labute approximate surface area is 338 Å². The van der Waals surface area contributed by atoms with Crippen molar-refractivity contribution in [2.45, 2.75) is 19.3 Å². The molecular formula is C52H38N6. The van der Waals surface area contributed by atoms with Gasteiger partial charge in [0.25, 0.3) is 0 Å². The lowest BCUT2D eigenvalue weighted by atomic mass is 9.74. The molecule has 58 heavy (non-hydrogen) atoms. The summed E-state index contributed by atoms with van der Waals surface area (Å²) in [7, 11) is 0. The first-order valence-electron chi connectivity index (χ1n) is 19.5. The second-order valence-electron chi connectivity index (χ2n) is 15.0. The van der Waals surface area contributed by atoms with Gasteiger partial charge in [-0.05, 0) is 52.6 Å². The number of rotatable bonds is 7. The quantitative estimate of drug-likeness (QED) is 0.162. The maximum absolute atomic E-state index is 5.36. The van der Waals surface area contributed by atoms with Gasteiger partial charge in [-0.25, -0.2) is 24.9 Å². The van der Waals surface area contributed by atoms with E-state index in [-0.39, 0.29) is 5.41 Å². The van der Waals surface area contributed by atoms with Crippen LogP contribution in [0.4, 0.5) is 17.3 Å². The van der Waals surface area contributed by atoms with Crippen molar-refractivity contribution in [3.63, 3.8) is 0 Å². The lowest BCUT2D eigenvalue weighted by Gasteiger charge is -2.41. The Morgan fingerprint density at radius 1 is 0.328 bits per heavy atom. The van der Waals surface area contributed by atoms with E-state index in [1.807, 2.05) is 66.7 Å². The fraction of sp³-hybridized carbons (Fsp3) is 0.0577. The Morgan fingerprint density at radius 3 is 1.24 bits per heavy atom. The Bertz CT molecular complexity index is 2820. The maximum atomic E-state index is 5.36. The van der Waals surface area contributed by atoms with Crippen molar-refractivity contribution in [3.8, 4) is 67.8 Å². The third-order valence-corrected chi connectivity index (χ3v) is 10.9. The Kier molecular flexibility index (Phi) is 8.72. The van der Waals surface area contributed by atoms with Gasteiger partial charge < -0.3 is 0 Å². The molecule has 0 amide bonds. The Morgan fingerprint density at radius 2 is 0.707 bits per heavy atom. The largest absolute Gasteiger partial charge is 0.279 e. The molecule has 0 atom stereocenters. The average molecular weight is 747 g/mol. The minimum Gasteiger partial charge on any atom is -0.279 e. The molecule has 7 aromatic carbocycles. The van der Waals surface area contributed by atoms with Crippen LogP contribution < -0.4 is 4.90 Å². The smallest absolute Gasteiger partial charge is 0.235 e. The van der Waals surface area contributed by atoms with Crippen molar-refractivity contribution in [1.29, 1.82) is 0 Å². The molecule has 6 heteroatoms. The maximum Gasteiger partial charge on any atom is 0.235 e. The molecule has 6 nitrogen and oxygen atoms in total. The zero-order valence-electron chi connectivity index (χ0n) is 32.2. The number of fused-ring (bicyclic) bond motifs is 2. The number of para-hydroxylation sites is 2. The van der Waals surface area contributed by atoms with Crippen LogP contribution in [0.5, 0.6) is 0 Å². The third kappa shape index (κ3) is 6.40. The number of hydrogen-bond donors (Lipinski definition) is 0. The monoisotopic (exact) mass is 746 g/mol. The molecular weight excluding hydrogens is 709 g/mol. The van der Waals surface area contributed by atoms with Crippen molar-refractivity contribution >= 4 is 17.3 Å². The van der Waals surface area contributed by atoms with Gasteiger partial charge in [0, 0.05) is 33.2 Å². The van der Waals surface area contributed by atoms with Crippen LogP contribution in [0.2, 0.25) is 0 Å². The van der Waals surface area contributed by atoms with Gasteiger partial charge in [0.2, 0.25) is 5.95 Å². The predicted octanol–water partition coefficient (Wildman–Crippen LogP) is 12.8. The van der Waals surface area contributed by atoms with Crippen LogP contribution in [0.25, 0.3) is 67.8 Å². The summed E-state index contributed by atoms with van der Waals surface area (Å²) < 4.78 is 0. The average Bonchev–Trinajstić information content (AvgIpc) is 3.30. The highest BCUT2D eigenvalue weighted by molar-refractivity contribution is 5.85. The molecule has 276 valence electrons. The van der Waals surface area contributed by atoms with Crippen molar-refractivity contribution in [2.24, 2.45) is 0 Å². The molecule has 1 aliphatic rings. The summed E-state index contributed by atoms with van der Waals surface area (Å²) in [4.78, 5) is 27.7. The van der Waals surface area contributed by atoms with Crippen molar-refractivity contribution in [2.75, 3.05) is 4.90 Å². The number of nitrogens with zero attached hydrogens (tertiary/aromatic N) is 6. The summed E-state index contributed by atoms with van der Waals surface area (Å²) in [6, 6.07) is 66.8. The van der Waals surface area contributed by atoms with Gasteiger partial charge in [-0.1, -0.05) is 178 Å². The highest BCUT2D eigenvalue weighted by Gasteiger charge is 2.37. The number of hydrogen-bond acceptors (Lipinski definition) is 6. The molecule has 0 spiro atoms. The predicted molar refractivity (Wildman–Crippen MR) is 235 cm³/mol. The molecule has 9 aromatic rings. The molecule has 10 rings (SSSR count). The molecule has 2 aromatic heterocycles. The number of benzene rings is 7. The molecule has 0 fully saturated rings. The van der Waals surface area contributed by atoms with E-state index in [1.165, 1.54) is 11.1 Å². The summed E-state index contributed by atoms with van der Waals surface area (Å²) >= 11 is 0. The van der Waals surface area contributed by atoms with Gasteiger partial charge in [0.05, 0.1) is 22.8 Å². The van der Waals surface area contributed by atoms with Gasteiger partial charge in [-0.2, -0.15) is 0 Å².